The Kier molecular flexibility index (Phi) is 13.4. The number of anilines is 1. The third-order valence-corrected chi connectivity index (χ3v) is 11.0. The van der Waals surface area contributed by atoms with Crippen molar-refractivity contribution in [3.05, 3.63) is 162 Å². The van der Waals surface area contributed by atoms with Crippen LogP contribution in [0.4, 0.5) is 5.69 Å². The zero-order valence-electron chi connectivity index (χ0n) is 33.4. The maximum Gasteiger partial charge on any atom is 0.307 e. The van der Waals surface area contributed by atoms with Gasteiger partial charge in [-0.2, -0.15) is 0 Å². The van der Waals surface area contributed by atoms with E-state index in [9.17, 15) is 33.9 Å². The first-order valence-corrected chi connectivity index (χ1v) is 20.4. The largest absolute Gasteiger partial charge is 0.481 e. The average molecular weight is 818 g/mol. The Morgan fingerprint density at radius 1 is 0.557 bits per heavy atom. The fourth-order valence-electron chi connectivity index (χ4n) is 7.64. The first-order valence-electron chi connectivity index (χ1n) is 20.4. The lowest BCUT2D eigenvalue weighted by Gasteiger charge is -2.26. The number of carbonyl (C=O) groups excluding carboxylic acids is 5. The molecule has 2 aliphatic heterocycles. The van der Waals surface area contributed by atoms with Gasteiger partial charge in [-0.25, -0.2) is 0 Å². The molecule has 0 aliphatic carbocycles. The SMILES string of the molecule is O=C1CCC(=O)N[C@H](Cc2c[nH]c3ccccc23)C(=O)N[C@@H](Cc2ccc(-c3ccccc3)cc2)C(=O)N[C@H](Cc2ccccc2)C(=O)C[C@H](C(=O)O)Cc2ccc(cc2)N1. The molecule has 2 aliphatic rings. The predicted octanol–water partition coefficient (Wildman–Crippen LogP) is 5.95. The minimum atomic E-state index is -1.23. The number of rotatable bonds is 8. The number of amides is 4. The molecular weight excluding hydrogens is 771 g/mol. The summed E-state index contributed by atoms with van der Waals surface area (Å²) >= 11 is 0. The molecule has 8 rings (SSSR count). The number of hydrogen-bond acceptors (Lipinski definition) is 6. The molecule has 0 saturated carbocycles. The van der Waals surface area contributed by atoms with Gasteiger partial charge >= 0.3 is 5.97 Å². The Morgan fingerprint density at radius 3 is 1.84 bits per heavy atom. The van der Waals surface area contributed by atoms with Gasteiger partial charge in [-0.15, -0.1) is 0 Å². The summed E-state index contributed by atoms with van der Waals surface area (Å²) in [5, 5.41) is 22.5. The highest BCUT2D eigenvalue weighted by Gasteiger charge is 2.33. The van der Waals surface area contributed by atoms with Gasteiger partial charge in [-0.1, -0.05) is 115 Å². The van der Waals surface area contributed by atoms with Gasteiger partial charge in [0, 0.05) is 54.9 Å². The average Bonchev–Trinajstić information content (AvgIpc) is 3.68. The standard InChI is InChI=1S/C49H47N5O7/c55-44-29-36(49(60)61)25-32-17-21-38(22-18-32)51-45(56)23-24-46(57)52-43(28-37-30-50-40-14-8-7-13-39(37)40)48(59)54-42(47(58)53-41(44)26-31-9-3-1-4-10-31)27-33-15-19-35(20-16-33)34-11-5-2-6-12-34/h1-22,30,36,41-43,50H,23-29H2,(H,51,56)(H,52,57)(H,53,58)(H,54,59)(H,60,61)/t36-,41-,42+,43-/m1/s1. The van der Waals surface area contributed by atoms with E-state index in [2.05, 4.69) is 26.3 Å². The van der Waals surface area contributed by atoms with Crippen molar-refractivity contribution in [3.8, 4) is 11.1 Å². The molecule has 0 unspecified atom stereocenters. The maximum atomic E-state index is 14.6. The van der Waals surface area contributed by atoms with Crippen LogP contribution >= 0.6 is 0 Å². The molecular formula is C49H47N5O7. The number of fused-ring (bicyclic) bond motifs is 19. The number of nitrogens with one attached hydrogen (secondary N) is 5. The number of carboxylic acid groups (broad SMARTS) is 1. The van der Waals surface area contributed by atoms with E-state index < -0.39 is 59.4 Å². The number of carboxylic acids is 1. The summed E-state index contributed by atoms with van der Waals surface area (Å²) in [6.07, 6.45) is 1.20. The first kappa shape index (κ1) is 41.8. The second-order valence-electron chi connectivity index (χ2n) is 15.4. The highest BCUT2D eigenvalue weighted by atomic mass is 16.4. The summed E-state index contributed by atoms with van der Waals surface area (Å²) < 4.78 is 0. The molecule has 6 aromatic rings. The van der Waals surface area contributed by atoms with E-state index in [4.69, 9.17) is 0 Å². The van der Waals surface area contributed by atoms with Gasteiger partial charge < -0.3 is 31.4 Å². The van der Waals surface area contributed by atoms with Gasteiger partial charge in [0.2, 0.25) is 23.6 Å². The zero-order valence-corrected chi connectivity index (χ0v) is 33.4. The summed E-state index contributed by atoms with van der Waals surface area (Å²) in [4.78, 5) is 85.5. The fraction of sp³-hybridized carbons (Fsp3) is 0.224. The number of ketones is 1. The Morgan fingerprint density at radius 2 is 1.13 bits per heavy atom. The molecule has 5 aromatic carbocycles. The second kappa shape index (κ2) is 19.6. The number of para-hydroxylation sites is 1. The van der Waals surface area contributed by atoms with E-state index >= 15 is 0 Å². The molecule has 2 bridgehead atoms. The van der Waals surface area contributed by atoms with E-state index in [1.807, 2.05) is 109 Å². The van der Waals surface area contributed by atoms with Crippen LogP contribution in [0.3, 0.4) is 0 Å². The highest BCUT2D eigenvalue weighted by molar-refractivity contribution is 5.97. The number of hydrogen-bond donors (Lipinski definition) is 6. The van der Waals surface area contributed by atoms with Gasteiger partial charge in [-0.3, -0.25) is 28.8 Å². The number of benzene rings is 5. The van der Waals surface area contributed by atoms with Crippen molar-refractivity contribution in [2.45, 2.75) is 63.1 Å². The Labute approximate surface area is 353 Å². The van der Waals surface area contributed by atoms with Crippen molar-refractivity contribution in [1.82, 2.24) is 20.9 Å². The first-order chi connectivity index (χ1) is 29.6. The van der Waals surface area contributed by atoms with E-state index in [1.54, 1.807) is 30.5 Å². The summed E-state index contributed by atoms with van der Waals surface area (Å²) in [5.74, 6) is -5.04. The number of H-pyrrole nitrogens is 1. The lowest BCUT2D eigenvalue weighted by molar-refractivity contribution is -0.144. The molecule has 6 N–H and O–H groups in total. The molecule has 310 valence electrons. The Balaban J connectivity index is 1.24. The highest BCUT2D eigenvalue weighted by Crippen LogP contribution is 2.23. The van der Waals surface area contributed by atoms with Crippen LogP contribution in [-0.4, -0.2) is 63.6 Å². The molecule has 12 heteroatoms. The molecule has 0 saturated heterocycles. The molecule has 61 heavy (non-hydrogen) atoms. The van der Waals surface area contributed by atoms with E-state index in [-0.39, 0.29) is 44.9 Å². The molecule has 0 fully saturated rings. The normalized spacial score (nSPS) is 19.6. The molecule has 1 aromatic heterocycles. The predicted molar refractivity (Wildman–Crippen MR) is 232 cm³/mol. The van der Waals surface area contributed by atoms with E-state index in [0.29, 0.717) is 11.3 Å². The number of aromatic nitrogens is 1. The third-order valence-electron chi connectivity index (χ3n) is 11.0. The van der Waals surface area contributed by atoms with Crippen molar-refractivity contribution in [3.63, 3.8) is 0 Å². The monoisotopic (exact) mass is 817 g/mol. The number of aliphatic carboxylic acids is 1. The van der Waals surface area contributed by atoms with Crippen LogP contribution in [0, 0.1) is 5.92 Å². The van der Waals surface area contributed by atoms with Crippen molar-refractivity contribution in [2.75, 3.05) is 5.32 Å². The van der Waals surface area contributed by atoms with Crippen LogP contribution < -0.4 is 21.3 Å². The van der Waals surface area contributed by atoms with Gasteiger partial charge in [0.05, 0.1) is 12.0 Å². The van der Waals surface area contributed by atoms with Crippen molar-refractivity contribution >= 4 is 52.0 Å². The van der Waals surface area contributed by atoms with Gasteiger partial charge in [0.25, 0.3) is 0 Å². The Bertz CT molecular complexity index is 2500. The fourth-order valence-corrected chi connectivity index (χ4v) is 7.64. The number of carbonyl (C=O) groups is 6. The Hall–Kier alpha value is -7.34. The van der Waals surface area contributed by atoms with Crippen molar-refractivity contribution < 1.29 is 33.9 Å². The number of aromatic amines is 1. The zero-order chi connectivity index (χ0) is 42.7. The molecule has 0 radical (unpaired) electrons. The molecule has 4 amide bonds. The van der Waals surface area contributed by atoms with Crippen LogP contribution in [-0.2, 0) is 54.5 Å². The molecule has 4 atom stereocenters. The van der Waals surface area contributed by atoms with E-state index in [0.717, 1.165) is 38.7 Å². The lowest BCUT2D eigenvalue weighted by atomic mass is 9.90. The second-order valence-corrected chi connectivity index (χ2v) is 15.4. The number of Topliss-reactive ketones (excluding diaryl/α,β-unsaturated/α-hetero) is 1. The lowest BCUT2D eigenvalue weighted by Crippen LogP contribution is -2.57. The van der Waals surface area contributed by atoms with Crippen LogP contribution in [0.1, 0.15) is 41.5 Å². The van der Waals surface area contributed by atoms with Crippen LogP contribution in [0.25, 0.3) is 22.0 Å². The summed E-state index contributed by atoms with van der Waals surface area (Å²) in [6.45, 7) is 0. The molecule has 3 heterocycles. The van der Waals surface area contributed by atoms with Crippen LogP contribution in [0.2, 0.25) is 0 Å². The maximum absolute atomic E-state index is 14.6. The minimum Gasteiger partial charge on any atom is -0.481 e. The third kappa shape index (κ3) is 11.2. The smallest absolute Gasteiger partial charge is 0.307 e. The van der Waals surface area contributed by atoms with Crippen LogP contribution in [0.15, 0.2) is 140 Å². The minimum absolute atomic E-state index is 0.0248. The summed E-state index contributed by atoms with van der Waals surface area (Å²) in [5.41, 5.74) is 6.10. The van der Waals surface area contributed by atoms with Crippen LogP contribution in [0.5, 0.6) is 0 Å². The topological polar surface area (TPSA) is 187 Å². The van der Waals surface area contributed by atoms with E-state index in [1.165, 1.54) is 0 Å². The molecule has 12 nitrogen and oxygen atoms in total. The quantitative estimate of drug-likeness (QED) is 0.102. The van der Waals surface area contributed by atoms with Gasteiger partial charge in [0.1, 0.15) is 12.1 Å². The van der Waals surface area contributed by atoms with Gasteiger partial charge in [0.15, 0.2) is 5.78 Å². The molecule has 0 spiro atoms. The van der Waals surface area contributed by atoms with Gasteiger partial charge in [-0.05, 0) is 64.4 Å². The summed E-state index contributed by atoms with van der Waals surface area (Å²) in [7, 11) is 0. The van der Waals surface area contributed by atoms with Crippen molar-refractivity contribution in [2.24, 2.45) is 5.92 Å². The van der Waals surface area contributed by atoms with Crippen molar-refractivity contribution in [1.29, 1.82) is 0 Å². The summed E-state index contributed by atoms with van der Waals surface area (Å²) in [6, 6.07) is 37.1.